The molecule has 0 spiro atoms. The normalized spacial score (nSPS) is 16.5. The number of aromatic nitrogens is 4. The lowest BCUT2D eigenvalue weighted by Crippen LogP contribution is -2.32. The van der Waals surface area contributed by atoms with E-state index in [-0.39, 0.29) is 11.8 Å². The molecule has 2 aromatic rings. The second-order valence-electron chi connectivity index (χ2n) is 6.73. The molecule has 1 aliphatic rings. The number of piperidine rings is 1. The molecule has 7 nitrogen and oxygen atoms in total. The molecule has 0 aromatic carbocycles. The summed E-state index contributed by atoms with van der Waals surface area (Å²) >= 11 is 0. The van der Waals surface area contributed by atoms with Crippen LogP contribution in [0.1, 0.15) is 37.1 Å². The molecule has 0 bridgehead atoms. The average Bonchev–Trinajstić information content (AvgIpc) is 2.96. The van der Waals surface area contributed by atoms with Crippen molar-refractivity contribution in [2.24, 2.45) is 0 Å². The minimum Gasteiger partial charge on any atom is -0.370 e. The Morgan fingerprint density at radius 2 is 1.93 bits per heavy atom. The highest BCUT2D eigenvalue weighted by molar-refractivity contribution is 5.58. The molecule has 27 heavy (non-hydrogen) atoms. The van der Waals surface area contributed by atoms with Crippen LogP contribution in [-0.4, -0.2) is 51.3 Å². The van der Waals surface area contributed by atoms with Crippen LogP contribution in [0.25, 0.3) is 0 Å². The van der Waals surface area contributed by atoms with Gasteiger partial charge in [0, 0.05) is 12.7 Å². The zero-order valence-corrected chi connectivity index (χ0v) is 15.6. The maximum atomic E-state index is 13.1. The highest BCUT2D eigenvalue weighted by Crippen LogP contribution is 2.34. The molecular weight excluding hydrogens is 359 g/mol. The summed E-state index contributed by atoms with van der Waals surface area (Å²) < 4.78 is 41.2. The summed E-state index contributed by atoms with van der Waals surface area (Å²) in [5.74, 6) is -0.132. The summed E-state index contributed by atoms with van der Waals surface area (Å²) in [5.41, 5.74) is 0.725. The van der Waals surface area contributed by atoms with Crippen LogP contribution in [0.3, 0.4) is 0 Å². The van der Waals surface area contributed by atoms with Crippen molar-refractivity contribution in [3.05, 3.63) is 23.7 Å². The lowest BCUT2D eigenvalue weighted by Gasteiger charge is -2.29. The number of nitrogens with one attached hydrogen (secondary N) is 2. The largest absolute Gasteiger partial charge is 0.421 e. The van der Waals surface area contributed by atoms with Crippen LogP contribution in [0.4, 0.5) is 30.6 Å². The summed E-state index contributed by atoms with van der Waals surface area (Å²) in [7, 11) is 2.10. The van der Waals surface area contributed by atoms with Crippen molar-refractivity contribution in [2.75, 3.05) is 37.3 Å². The second-order valence-corrected chi connectivity index (χ2v) is 6.73. The molecule has 0 atom stereocenters. The molecule has 3 rings (SSSR count). The van der Waals surface area contributed by atoms with Crippen molar-refractivity contribution in [1.82, 2.24) is 24.6 Å². The molecule has 0 amide bonds. The monoisotopic (exact) mass is 383 g/mol. The predicted molar refractivity (Wildman–Crippen MR) is 97.2 cm³/mol. The molecule has 2 aromatic heterocycles. The highest BCUT2D eigenvalue weighted by Gasteiger charge is 2.35. The fraction of sp³-hybridized carbons (Fsp3) is 0.588. The molecule has 0 unspecified atom stereocenters. The van der Waals surface area contributed by atoms with Crippen LogP contribution >= 0.6 is 0 Å². The van der Waals surface area contributed by atoms with Gasteiger partial charge in [0.25, 0.3) is 0 Å². The van der Waals surface area contributed by atoms with Crippen molar-refractivity contribution < 1.29 is 13.2 Å². The maximum Gasteiger partial charge on any atom is 0.421 e. The number of hydrogen-bond acceptors (Lipinski definition) is 6. The van der Waals surface area contributed by atoms with Crippen molar-refractivity contribution in [2.45, 2.75) is 38.9 Å². The summed E-state index contributed by atoms with van der Waals surface area (Å²) in [6.45, 7) is 6.00. The van der Waals surface area contributed by atoms with E-state index in [2.05, 4.69) is 37.6 Å². The van der Waals surface area contributed by atoms with Crippen molar-refractivity contribution in [1.29, 1.82) is 0 Å². The van der Waals surface area contributed by atoms with E-state index < -0.39 is 11.7 Å². The fourth-order valence-electron chi connectivity index (χ4n) is 3.23. The van der Waals surface area contributed by atoms with Gasteiger partial charge in [0.05, 0.1) is 23.6 Å². The lowest BCUT2D eigenvalue weighted by atomic mass is 10.1. The number of nitrogens with zero attached hydrogens (tertiary/aromatic N) is 5. The van der Waals surface area contributed by atoms with Gasteiger partial charge in [-0.1, -0.05) is 0 Å². The maximum absolute atomic E-state index is 13.1. The molecule has 148 valence electrons. The van der Waals surface area contributed by atoms with Crippen LogP contribution in [0.2, 0.25) is 0 Å². The van der Waals surface area contributed by atoms with E-state index in [1.54, 1.807) is 13.1 Å². The minimum atomic E-state index is -4.51. The number of hydrogen-bond donors (Lipinski definition) is 2. The summed E-state index contributed by atoms with van der Waals surface area (Å²) in [6, 6.07) is 0.322. The molecule has 1 aliphatic heterocycles. The third-order valence-corrected chi connectivity index (χ3v) is 4.76. The van der Waals surface area contributed by atoms with E-state index in [4.69, 9.17) is 0 Å². The molecular formula is C17H24F3N7. The first-order chi connectivity index (χ1) is 12.8. The van der Waals surface area contributed by atoms with Gasteiger partial charge >= 0.3 is 6.18 Å². The van der Waals surface area contributed by atoms with E-state index >= 15 is 0 Å². The Morgan fingerprint density at radius 1 is 1.22 bits per heavy atom. The molecule has 1 fully saturated rings. The summed E-state index contributed by atoms with van der Waals surface area (Å²) in [4.78, 5) is 10.1. The second kappa shape index (κ2) is 7.71. The number of likely N-dealkylation sites (tertiary alicyclic amines) is 1. The van der Waals surface area contributed by atoms with Gasteiger partial charge in [-0.25, -0.2) is 4.98 Å². The van der Waals surface area contributed by atoms with E-state index in [1.165, 1.54) is 0 Å². The third-order valence-electron chi connectivity index (χ3n) is 4.76. The third kappa shape index (κ3) is 4.32. The van der Waals surface area contributed by atoms with Gasteiger partial charge in [0.1, 0.15) is 11.4 Å². The van der Waals surface area contributed by atoms with Gasteiger partial charge in [-0.3, -0.25) is 4.68 Å². The number of halogens is 3. The summed E-state index contributed by atoms with van der Waals surface area (Å²) in [5, 5.41) is 10.1. The van der Waals surface area contributed by atoms with Crippen LogP contribution in [0.5, 0.6) is 0 Å². The van der Waals surface area contributed by atoms with E-state index in [0.717, 1.165) is 37.8 Å². The first kappa shape index (κ1) is 19.4. The predicted octanol–water partition coefficient (Wildman–Crippen LogP) is 3.44. The molecule has 10 heteroatoms. The Hall–Kier alpha value is -2.36. The van der Waals surface area contributed by atoms with Crippen LogP contribution in [0.15, 0.2) is 12.4 Å². The topological polar surface area (TPSA) is 70.9 Å². The molecule has 0 saturated carbocycles. The Balaban J connectivity index is 1.80. The lowest BCUT2D eigenvalue weighted by molar-refractivity contribution is -0.137. The van der Waals surface area contributed by atoms with Crippen molar-refractivity contribution >= 4 is 17.5 Å². The zero-order chi connectivity index (χ0) is 19.6. The van der Waals surface area contributed by atoms with E-state index in [0.29, 0.717) is 18.3 Å². The van der Waals surface area contributed by atoms with Gasteiger partial charge in [0.2, 0.25) is 5.95 Å². The Labute approximate surface area is 156 Å². The first-order valence-electron chi connectivity index (χ1n) is 8.97. The highest BCUT2D eigenvalue weighted by atomic mass is 19.4. The number of rotatable bonds is 5. The van der Waals surface area contributed by atoms with Crippen molar-refractivity contribution in [3.8, 4) is 0 Å². The number of anilines is 3. The zero-order valence-electron chi connectivity index (χ0n) is 15.6. The molecule has 0 aliphatic carbocycles. The Bertz CT molecular complexity index is 779. The SMILES string of the molecule is CCNc1nc(Nc2cnn(C3CCN(C)CC3)c2C)ncc1C(F)(F)F. The standard InChI is InChI=1S/C17H24F3N7/c1-4-21-15-13(17(18,19)20)9-22-16(25-15)24-14-10-23-27(11(14)2)12-5-7-26(3)8-6-12/h9-10,12H,4-8H2,1-3H3,(H2,21,22,24,25). The summed E-state index contributed by atoms with van der Waals surface area (Å²) in [6.07, 6.45) is -0.0176. The molecule has 3 heterocycles. The van der Waals surface area contributed by atoms with Crippen LogP contribution < -0.4 is 10.6 Å². The minimum absolute atomic E-state index is 0.102. The molecule has 1 saturated heterocycles. The van der Waals surface area contributed by atoms with E-state index in [9.17, 15) is 13.2 Å². The smallest absolute Gasteiger partial charge is 0.370 e. The van der Waals surface area contributed by atoms with E-state index in [1.807, 2.05) is 11.6 Å². The number of alkyl halides is 3. The first-order valence-corrected chi connectivity index (χ1v) is 8.97. The van der Waals surface area contributed by atoms with Gasteiger partial charge in [0.15, 0.2) is 0 Å². The van der Waals surface area contributed by atoms with Crippen molar-refractivity contribution in [3.63, 3.8) is 0 Å². The Morgan fingerprint density at radius 3 is 2.56 bits per heavy atom. The van der Waals surface area contributed by atoms with Gasteiger partial charge in [-0.05, 0) is 46.8 Å². The average molecular weight is 383 g/mol. The molecule has 2 N–H and O–H groups in total. The van der Waals surface area contributed by atoms with Gasteiger partial charge < -0.3 is 15.5 Å². The quantitative estimate of drug-likeness (QED) is 0.824. The van der Waals surface area contributed by atoms with Gasteiger partial charge in [-0.15, -0.1) is 0 Å². The van der Waals surface area contributed by atoms with Gasteiger partial charge in [-0.2, -0.15) is 23.3 Å². The fourth-order valence-corrected chi connectivity index (χ4v) is 3.23. The Kier molecular flexibility index (Phi) is 5.54. The molecule has 0 radical (unpaired) electrons. The van der Waals surface area contributed by atoms with Crippen LogP contribution in [-0.2, 0) is 6.18 Å². The van der Waals surface area contributed by atoms with Crippen LogP contribution in [0, 0.1) is 6.92 Å².